The predicted molar refractivity (Wildman–Crippen MR) is 41.3 cm³/mol. The van der Waals surface area contributed by atoms with Crippen LogP contribution in [0, 0.1) is 5.92 Å². The lowest BCUT2D eigenvalue weighted by Crippen LogP contribution is -2.01. The molecule has 52 valence electrons. The van der Waals surface area contributed by atoms with Crippen molar-refractivity contribution in [1.29, 1.82) is 0 Å². The van der Waals surface area contributed by atoms with Crippen molar-refractivity contribution in [2.75, 3.05) is 0 Å². The molecule has 0 spiro atoms. The number of allylic oxidation sites excluding steroid dienone is 1. The average molecular weight is 126 g/mol. The van der Waals surface area contributed by atoms with E-state index in [9.17, 15) is 0 Å². The molecule has 0 aromatic rings. The zero-order valence-corrected chi connectivity index (χ0v) is 6.31. The van der Waals surface area contributed by atoms with E-state index in [0.717, 1.165) is 5.57 Å². The van der Waals surface area contributed by atoms with E-state index in [1.807, 2.05) is 6.92 Å². The van der Waals surface area contributed by atoms with Gasteiger partial charge in [-0.05, 0) is 25.1 Å². The molecule has 2 N–H and O–H groups in total. The molecule has 0 radical (unpaired) electrons. The fourth-order valence-electron chi connectivity index (χ4n) is 0.420. The van der Waals surface area contributed by atoms with Gasteiger partial charge in [-0.3, -0.25) is 0 Å². The van der Waals surface area contributed by atoms with Crippen molar-refractivity contribution < 1.29 is 0 Å². The largest absolute Gasteiger partial charge is 0.384 e. The molecule has 0 aromatic carbocycles. The van der Waals surface area contributed by atoms with E-state index in [4.69, 9.17) is 5.73 Å². The van der Waals surface area contributed by atoms with Crippen molar-refractivity contribution in [3.63, 3.8) is 0 Å². The zero-order valence-electron chi connectivity index (χ0n) is 6.31. The molecule has 0 rings (SSSR count). The minimum absolute atomic E-state index is 0.468. The normalized spacial score (nSPS) is 13.3. The molecule has 0 saturated heterocycles. The van der Waals surface area contributed by atoms with Crippen LogP contribution in [0.2, 0.25) is 0 Å². The molecule has 0 unspecified atom stereocenters. The number of nitrogens with two attached hydrogens (primary N) is 1. The first-order valence-electron chi connectivity index (χ1n) is 3.02. The highest BCUT2D eigenvalue weighted by Gasteiger charge is 1.99. The summed E-state index contributed by atoms with van der Waals surface area (Å²) >= 11 is 0. The van der Waals surface area contributed by atoms with Crippen molar-refractivity contribution in [2.45, 2.75) is 20.8 Å². The lowest BCUT2D eigenvalue weighted by Gasteiger charge is -2.05. The van der Waals surface area contributed by atoms with Crippen LogP contribution in [0.4, 0.5) is 0 Å². The molecule has 0 aromatic heterocycles. The van der Waals surface area contributed by atoms with Gasteiger partial charge < -0.3 is 5.73 Å². The van der Waals surface area contributed by atoms with Crippen molar-refractivity contribution in [1.82, 2.24) is 0 Å². The van der Waals surface area contributed by atoms with E-state index < -0.39 is 0 Å². The van der Waals surface area contributed by atoms with Crippen LogP contribution in [0.15, 0.2) is 16.4 Å². The quantitative estimate of drug-likeness (QED) is 0.560. The predicted octanol–water partition coefficient (Wildman–Crippen LogP) is 1.53. The molecule has 0 atom stereocenters. The fourth-order valence-corrected chi connectivity index (χ4v) is 0.420. The molecule has 0 saturated carbocycles. The zero-order chi connectivity index (χ0) is 7.44. The van der Waals surface area contributed by atoms with Crippen LogP contribution in [0.25, 0.3) is 0 Å². The smallest absolute Gasteiger partial charge is 0.121 e. The first-order valence-corrected chi connectivity index (χ1v) is 3.02. The average Bonchev–Trinajstić information content (AvgIpc) is 1.84. The Bertz CT molecular complexity index is 134. The summed E-state index contributed by atoms with van der Waals surface area (Å²) in [4.78, 5) is 3.62. The van der Waals surface area contributed by atoms with Gasteiger partial charge in [0.1, 0.15) is 5.82 Å². The van der Waals surface area contributed by atoms with Gasteiger partial charge in [0.25, 0.3) is 0 Å². The van der Waals surface area contributed by atoms with Crippen LogP contribution in [0.1, 0.15) is 20.8 Å². The summed E-state index contributed by atoms with van der Waals surface area (Å²) in [5, 5.41) is 0. The summed E-state index contributed by atoms with van der Waals surface area (Å²) in [7, 11) is 0. The Balaban J connectivity index is 4.27. The molecule has 0 aliphatic rings. The number of hydrogen-bond acceptors (Lipinski definition) is 2. The Labute approximate surface area is 56.5 Å². The van der Waals surface area contributed by atoms with E-state index in [0.29, 0.717) is 11.7 Å². The number of rotatable bonds is 2. The van der Waals surface area contributed by atoms with Gasteiger partial charge in [-0.1, -0.05) is 13.8 Å². The van der Waals surface area contributed by atoms with E-state index in [1.54, 1.807) is 0 Å². The highest BCUT2D eigenvalue weighted by molar-refractivity contribution is 5.29. The summed E-state index contributed by atoms with van der Waals surface area (Å²) in [6.45, 7) is 9.45. The molecule has 0 bridgehead atoms. The van der Waals surface area contributed by atoms with E-state index in [-0.39, 0.29) is 0 Å². The van der Waals surface area contributed by atoms with Gasteiger partial charge in [0.2, 0.25) is 0 Å². The van der Waals surface area contributed by atoms with Gasteiger partial charge in [-0.25, -0.2) is 4.99 Å². The second kappa shape index (κ2) is 3.28. The van der Waals surface area contributed by atoms with Gasteiger partial charge in [0.05, 0.1) is 0 Å². The Morgan fingerprint density at radius 3 is 2.11 bits per heavy atom. The minimum Gasteiger partial charge on any atom is -0.384 e. The third-order valence-corrected chi connectivity index (χ3v) is 1.44. The second-order valence-electron chi connectivity index (χ2n) is 2.38. The molecule has 0 aliphatic heterocycles. The number of aliphatic imine (C=N–C) groups is 1. The highest BCUT2D eigenvalue weighted by Crippen LogP contribution is 2.10. The molecular formula is C7H14N2. The Kier molecular flexibility index (Phi) is 2.99. The molecule has 0 aliphatic carbocycles. The summed E-state index contributed by atoms with van der Waals surface area (Å²) in [6, 6.07) is 0. The van der Waals surface area contributed by atoms with Crippen LogP contribution in [-0.4, -0.2) is 6.72 Å². The van der Waals surface area contributed by atoms with Crippen molar-refractivity contribution in [3.8, 4) is 0 Å². The van der Waals surface area contributed by atoms with Crippen molar-refractivity contribution in [3.05, 3.63) is 11.4 Å². The monoisotopic (exact) mass is 126 g/mol. The summed E-state index contributed by atoms with van der Waals surface area (Å²) in [5.41, 5.74) is 6.57. The molecule has 0 heterocycles. The molecule has 2 nitrogen and oxygen atoms in total. The SMILES string of the molecule is C=N/C(N)=C(\C)C(C)C. The third kappa shape index (κ3) is 2.31. The topological polar surface area (TPSA) is 38.4 Å². The van der Waals surface area contributed by atoms with Gasteiger partial charge in [-0.15, -0.1) is 0 Å². The standard InChI is InChI=1S/C7H14N2/c1-5(2)6(3)7(8)9-4/h5H,4,8H2,1-3H3/b7-6+. The van der Waals surface area contributed by atoms with Gasteiger partial charge in [0, 0.05) is 0 Å². The second-order valence-corrected chi connectivity index (χ2v) is 2.38. The molecule has 2 heteroatoms. The molecule has 0 amide bonds. The first-order chi connectivity index (χ1) is 4.09. The fraction of sp³-hybridized carbons (Fsp3) is 0.571. The maximum Gasteiger partial charge on any atom is 0.121 e. The van der Waals surface area contributed by atoms with Crippen LogP contribution >= 0.6 is 0 Å². The third-order valence-electron chi connectivity index (χ3n) is 1.44. The highest BCUT2D eigenvalue weighted by atomic mass is 14.9. The lowest BCUT2D eigenvalue weighted by molar-refractivity contribution is 0.752. The molecule has 0 fully saturated rings. The molecule has 9 heavy (non-hydrogen) atoms. The minimum atomic E-state index is 0.468. The van der Waals surface area contributed by atoms with Gasteiger partial charge in [0.15, 0.2) is 0 Å². The van der Waals surface area contributed by atoms with Gasteiger partial charge >= 0.3 is 0 Å². The van der Waals surface area contributed by atoms with E-state index in [1.165, 1.54) is 0 Å². The van der Waals surface area contributed by atoms with E-state index >= 15 is 0 Å². The summed E-state index contributed by atoms with van der Waals surface area (Å²) in [6.07, 6.45) is 0. The Morgan fingerprint density at radius 1 is 1.56 bits per heavy atom. The maximum atomic E-state index is 5.47. The summed E-state index contributed by atoms with van der Waals surface area (Å²) < 4.78 is 0. The van der Waals surface area contributed by atoms with Crippen molar-refractivity contribution in [2.24, 2.45) is 16.6 Å². The first kappa shape index (κ1) is 8.21. The molecular weight excluding hydrogens is 112 g/mol. The number of nitrogens with zero attached hydrogens (tertiary/aromatic N) is 1. The van der Waals surface area contributed by atoms with Crippen LogP contribution in [0.5, 0.6) is 0 Å². The summed E-state index contributed by atoms with van der Waals surface area (Å²) in [5.74, 6) is 1.03. The van der Waals surface area contributed by atoms with Crippen LogP contribution in [-0.2, 0) is 0 Å². The maximum absolute atomic E-state index is 5.47. The Hall–Kier alpha value is -0.790. The number of hydrogen-bond donors (Lipinski definition) is 1. The Morgan fingerprint density at radius 2 is 2.00 bits per heavy atom. The van der Waals surface area contributed by atoms with Crippen LogP contribution < -0.4 is 5.73 Å². The van der Waals surface area contributed by atoms with E-state index in [2.05, 4.69) is 25.6 Å². The lowest BCUT2D eigenvalue weighted by atomic mass is 10.1. The van der Waals surface area contributed by atoms with Crippen LogP contribution in [0.3, 0.4) is 0 Å². The van der Waals surface area contributed by atoms with Gasteiger partial charge in [-0.2, -0.15) is 0 Å². The van der Waals surface area contributed by atoms with Crippen molar-refractivity contribution >= 4 is 6.72 Å².